The van der Waals surface area contributed by atoms with Crippen LogP contribution in [0, 0.1) is 11.1 Å². The lowest BCUT2D eigenvalue weighted by Gasteiger charge is -2.47. The molecule has 4 rings (SSSR count). The van der Waals surface area contributed by atoms with Gasteiger partial charge in [0, 0.05) is 22.6 Å². The third-order valence-electron chi connectivity index (χ3n) is 9.43. The Hall–Kier alpha value is -2.67. The van der Waals surface area contributed by atoms with Crippen LogP contribution < -0.4 is 11.1 Å². The van der Waals surface area contributed by atoms with Crippen LogP contribution in [0.3, 0.4) is 0 Å². The largest absolute Gasteiger partial charge is 0.479 e. The number of aliphatic hydroxyl groups is 8. The highest BCUT2D eigenvalue weighted by Gasteiger charge is 2.54. The van der Waals surface area contributed by atoms with E-state index in [1.165, 1.54) is 14.0 Å². The summed E-state index contributed by atoms with van der Waals surface area (Å²) in [6.07, 6.45) is -24.1. The molecule has 0 bridgehead atoms. The molecule has 25 heteroatoms. The number of ether oxygens (including phenoxy) is 8. The van der Waals surface area contributed by atoms with Crippen molar-refractivity contribution in [2.75, 3.05) is 27.4 Å². The van der Waals surface area contributed by atoms with Crippen molar-refractivity contribution < 1.29 is 105 Å². The van der Waals surface area contributed by atoms with Crippen molar-refractivity contribution in [3.63, 3.8) is 0 Å². The second kappa shape index (κ2) is 21.7. The fourth-order valence-corrected chi connectivity index (χ4v) is 6.49. The maximum absolute atomic E-state index is 11.5. The number of aliphatic hydroxyl groups excluding tert-OH is 8. The molecule has 15 N–H and O–H groups in total. The van der Waals surface area contributed by atoms with E-state index < -0.39 is 153 Å². The van der Waals surface area contributed by atoms with Crippen LogP contribution in [0.2, 0.25) is 0 Å². The molecule has 25 nitrogen and oxygen atoms in total. The topological polar surface area (TPSA) is 413 Å². The standard InChI is InChI=1S/C16H27NO11.C14H25NO10.H2N2.H2/c1-5-8(17-6(2)19)12(9(20)7(4-18)26-5)27-16-11(22)10(21)13(25-3)14(28-16)15(23)24;1-4-6(15)10(7(17)5(3-16)23-4)24-14-9(19)8(18)11(22-2)12(25-14)13(20)21;1-2;/h5,7-14,16,18,20-22H,4H2,1-3H3,(H,17,19)(H,23,24);4-12,14,16-19H,3,15H2,1-2H3,(H,20,21);1-2H;1H/t5-,7?,8?,9+,10+,11?,12+,13-,14?,16+;4-,5?,6?,7+,8+,9?,10+,11-,12?,14+;;/m00../s1. The average Bonchev–Trinajstić information content (AvgIpc) is 3.14. The highest BCUT2D eigenvalue weighted by molar-refractivity contribution is 5.74. The van der Waals surface area contributed by atoms with Gasteiger partial charge in [-0.15, -0.1) is 0 Å². The van der Waals surface area contributed by atoms with E-state index in [9.17, 15) is 65.4 Å². The first kappa shape index (κ1) is 48.5. The van der Waals surface area contributed by atoms with Crippen molar-refractivity contribution >= 4 is 17.8 Å². The summed E-state index contributed by atoms with van der Waals surface area (Å²) in [6.45, 7) is 3.41. The number of carboxylic acid groups (broad SMARTS) is 2. The molecule has 4 fully saturated rings. The number of carbonyl (C=O) groups excluding carboxylic acids is 1. The minimum atomic E-state index is -1.70. The van der Waals surface area contributed by atoms with Crippen molar-refractivity contribution in [3.05, 3.63) is 0 Å². The summed E-state index contributed by atoms with van der Waals surface area (Å²) in [6, 6.07) is -1.74. The Bertz CT molecular complexity index is 1230. The zero-order valence-corrected chi connectivity index (χ0v) is 30.5. The molecule has 322 valence electrons. The van der Waals surface area contributed by atoms with Gasteiger partial charge in [-0.1, -0.05) is 0 Å². The van der Waals surface area contributed by atoms with E-state index in [1.54, 1.807) is 13.8 Å². The third kappa shape index (κ3) is 11.3. The Kier molecular flexibility index (Phi) is 19.2. The van der Waals surface area contributed by atoms with Crippen LogP contribution in [-0.2, 0) is 52.3 Å². The Morgan fingerprint density at radius 2 is 1.04 bits per heavy atom. The number of nitrogens with one attached hydrogen (secondary N) is 3. The number of nitrogens with two attached hydrogens (primary N) is 1. The summed E-state index contributed by atoms with van der Waals surface area (Å²) in [5.41, 5.74) is 15.9. The lowest BCUT2D eigenvalue weighted by atomic mass is 9.92. The van der Waals surface area contributed by atoms with E-state index in [4.69, 9.17) is 54.7 Å². The molecule has 1 amide bonds. The zero-order valence-electron chi connectivity index (χ0n) is 30.5. The highest BCUT2D eigenvalue weighted by Crippen LogP contribution is 2.31. The quantitative estimate of drug-likeness (QED) is 0.0863. The maximum atomic E-state index is 11.5. The molecular weight excluding hydrogens is 752 g/mol. The minimum absolute atomic E-state index is 0. The molecule has 4 aliphatic heterocycles. The number of aliphatic carboxylic acids is 2. The molecule has 4 aliphatic rings. The van der Waals surface area contributed by atoms with Crippen molar-refractivity contribution in [1.29, 1.82) is 11.1 Å². The van der Waals surface area contributed by atoms with Gasteiger partial charge >= 0.3 is 11.9 Å². The monoisotopic (exact) mass is 808 g/mol. The van der Waals surface area contributed by atoms with E-state index in [2.05, 4.69) is 5.32 Å². The Balaban J connectivity index is 0.000000530. The molecule has 0 spiro atoms. The van der Waals surface area contributed by atoms with Gasteiger partial charge in [-0.2, -0.15) is 0 Å². The van der Waals surface area contributed by atoms with Crippen LogP contribution in [0.25, 0.3) is 0 Å². The number of carbonyl (C=O) groups is 3. The molecule has 8 unspecified atom stereocenters. The van der Waals surface area contributed by atoms with Crippen molar-refractivity contribution in [2.45, 2.75) is 143 Å². The van der Waals surface area contributed by atoms with Gasteiger partial charge in [-0.05, 0) is 13.8 Å². The molecule has 20 atom stereocenters. The number of carboxylic acids is 2. The van der Waals surface area contributed by atoms with Gasteiger partial charge in [-0.25, -0.2) is 20.7 Å². The molecule has 0 aromatic rings. The van der Waals surface area contributed by atoms with Crippen LogP contribution in [0.4, 0.5) is 0 Å². The first-order valence-electron chi connectivity index (χ1n) is 16.9. The number of methoxy groups -OCH3 is 2. The second-order valence-electron chi connectivity index (χ2n) is 13.0. The van der Waals surface area contributed by atoms with Gasteiger partial charge in [0.15, 0.2) is 24.8 Å². The fraction of sp³-hybridized carbons (Fsp3) is 0.900. The molecule has 0 aromatic carbocycles. The zero-order chi connectivity index (χ0) is 42.1. The Morgan fingerprint density at radius 3 is 1.40 bits per heavy atom. The van der Waals surface area contributed by atoms with Crippen LogP contribution in [0.15, 0.2) is 0 Å². The van der Waals surface area contributed by atoms with E-state index >= 15 is 0 Å². The van der Waals surface area contributed by atoms with E-state index in [0.29, 0.717) is 0 Å². The minimum Gasteiger partial charge on any atom is -0.479 e. The van der Waals surface area contributed by atoms with Crippen LogP contribution in [0.1, 0.15) is 22.2 Å². The molecule has 4 saturated heterocycles. The first-order chi connectivity index (χ1) is 25.8. The van der Waals surface area contributed by atoms with E-state index in [0.717, 1.165) is 7.11 Å². The smallest absolute Gasteiger partial charge is 0.335 e. The highest BCUT2D eigenvalue weighted by atomic mass is 16.7. The van der Waals surface area contributed by atoms with Gasteiger partial charge in [-0.3, -0.25) is 4.79 Å². The molecule has 0 radical (unpaired) electrons. The van der Waals surface area contributed by atoms with Crippen molar-refractivity contribution in [1.82, 2.24) is 5.32 Å². The molecule has 55 heavy (non-hydrogen) atoms. The third-order valence-corrected chi connectivity index (χ3v) is 9.43. The molecular formula is C30H56N4O21. The summed E-state index contributed by atoms with van der Waals surface area (Å²) < 4.78 is 42.2. The van der Waals surface area contributed by atoms with E-state index in [1.807, 2.05) is 0 Å². The second-order valence-corrected chi connectivity index (χ2v) is 13.0. The Morgan fingerprint density at radius 1 is 0.655 bits per heavy atom. The lowest BCUT2D eigenvalue weighted by Crippen LogP contribution is -2.67. The van der Waals surface area contributed by atoms with Crippen LogP contribution >= 0.6 is 0 Å². The van der Waals surface area contributed by atoms with Gasteiger partial charge in [0.05, 0.1) is 37.5 Å². The summed E-state index contributed by atoms with van der Waals surface area (Å²) in [5.74, 6) is -3.31. The van der Waals surface area contributed by atoms with Gasteiger partial charge in [0.25, 0.3) is 0 Å². The number of rotatable bonds is 11. The molecule has 0 aliphatic carbocycles. The van der Waals surface area contributed by atoms with Crippen LogP contribution in [0.5, 0.6) is 0 Å². The summed E-state index contributed by atoms with van der Waals surface area (Å²) in [5, 5.41) is 101. The van der Waals surface area contributed by atoms with Gasteiger partial charge in [0.2, 0.25) is 5.91 Å². The van der Waals surface area contributed by atoms with Gasteiger partial charge in [0.1, 0.15) is 73.2 Å². The van der Waals surface area contributed by atoms with Crippen molar-refractivity contribution in [2.24, 2.45) is 5.73 Å². The normalized spacial score (nSPS) is 44.5. The maximum Gasteiger partial charge on any atom is 0.335 e. The predicted molar refractivity (Wildman–Crippen MR) is 176 cm³/mol. The van der Waals surface area contributed by atoms with E-state index in [-0.39, 0.29) is 1.43 Å². The summed E-state index contributed by atoms with van der Waals surface area (Å²) >= 11 is 0. The van der Waals surface area contributed by atoms with Crippen LogP contribution in [-0.4, -0.2) is 219 Å². The SMILES string of the molecule is CO[C@@H]1C(C(=O)O)O[C@@H](O[C@@H]2C(N)[C@H](C)OC(CO)[C@H]2O)C(O)[C@H]1O.CO[C@@H]1C(C(=O)O)O[C@@H](O[C@@H]2C(NC(C)=O)[C@H](C)OC(CO)[C@H]2O)C(O)[C@H]1O.N=N.[HH]. The molecule has 4 heterocycles. The van der Waals surface area contributed by atoms with Crippen molar-refractivity contribution in [3.8, 4) is 0 Å². The van der Waals surface area contributed by atoms with Gasteiger partial charge < -0.3 is 100 Å². The Labute approximate surface area is 315 Å². The number of hydrogen-bond acceptors (Lipinski definition) is 22. The summed E-state index contributed by atoms with van der Waals surface area (Å²) in [4.78, 5) is 34.3. The summed E-state index contributed by atoms with van der Waals surface area (Å²) in [7, 11) is 2.33. The lowest BCUT2D eigenvalue weighted by molar-refractivity contribution is -0.327. The number of amides is 1. The number of hydrogen-bond donors (Lipinski definition) is 14. The molecule has 0 saturated carbocycles. The average molecular weight is 809 g/mol. The fourth-order valence-electron chi connectivity index (χ4n) is 6.49. The predicted octanol–water partition coefficient (Wildman–Crippen LogP) is -6.21. The molecule has 0 aromatic heterocycles. The first-order valence-corrected chi connectivity index (χ1v) is 16.9.